The Morgan fingerprint density at radius 2 is 1.73 bits per heavy atom. The molecule has 0 saturated heterocycles. The molecule has 4 rings (SSSR count). The predicted molar refractivity (Wildman–Crippen MR) is 95.9 cm³/mol. The van der Waals surface area contributed by atoms with E-state index in [0.717, 1.165) is 15.7 Å². The maximum absolute atomic E-state index is 13.0. The second kappa shape index (κ2) is 6.49. The molecule has 1 aliphatic heterocycles. The maximum atomic E-state index is 13.0. The number of rotatable bonds is 4. The summed E-state index contributed by atoms with van der Waals surface area (Å²) >= 11 is 1.40. The molecule has 0 fully saturated rings. The zero-order chi connectivity index (χ0) is 18.1. The summed E-state index contributed by atoms with van der Waals surface area (Å²) in [7, 11) is 0. The van der Waals surface area contributed by atoms with Crippen LogP contribution >= 0.6 is 11.8 Å². The maximum Gasteiger partial charge on any atom is 0.586 e. The monoisotopic (exact) mass is 373 g/mol. The average molecular weight is 373 g/mol. The Balaban J connectivity index is 1.38. The number of amides is 1. The number of ether oxygens (including phenoxy) is 2. The zero-order valence-corrected chi connectivity index (χ0v) is 14.2. The lowest BCUT2D eigenvalue weighted by atomic mass is 10.1. The molecule has 0 bridgehead atoms. The highest BCUT2D eigenvalue weighted by Crippen LogP contribution is 2.42. The predicted octanol–water partition coefficient (Wildman–Crippen LogP) is 4.89. The first kappa shape index (κ1) is 16.7. The number of nitrogens with one attached hydrogen (secondary N) is 1. The van der Waals surface area contributed by atoms with Gasteiger partial charge in [-0.25, -0.2) is 0 Å². The molecule has 1 heterocycles. The van der Waals surface area contributed by atoms with Crippen molar-refractivity contribution < 1.29 is 23.0 Å². The van der Waals surface area contributed by atoms with Crippen molar-refractivity contribution >= 4 is 34.1 Å². The lowest BCUT2D eigenvalue weighted by molar-refractivity contribution is -0.286. The summed E-state index contributed by atoms with van der Waals surface area (Å²) in [5, 5.41) is 4.91. The molecule has 0 atom stereocenters. The number of hydrogen-bond acceptors (Lipinski definition) is 4. The van der Waals surface area contributed by atoms with Gasteiger partial charge < -0.3 is 14.8 Å². The SMILES string of the molecule is O=C(CSc1ccc2ccccc2c1)Nc1ccc2c(c1)OC(F)(F)O2. The number of carbonyl (C=O) groups is 1. The van der Waals surface area contributed by atoms with Crippen LogP contribution in [0.1, 0.15) is 0 Å². The van der Waals surface area contributed by atoms with E-state index in [-0.39, 0.29) is 23.2 Å². The Bertz CT molecular complexity index is 993. The number of hydrogen-bond donors (Lipinski definition) is 1. The van der Waals surface area contributed by atoms with Crippen LogP contribution in [-0.4, -0.2) is 18.0 Å². The van der Waals surface area contributed by atoms with E-state index in [0.29, 0.717) is 5.69 Å². The molecule has 0 saturated carbocycles. The van der Waals surface area contributed by atoms with Gasteiger partial charge in [0.05, 0.1) is 5.75 Å². The first-order chi connectivity index (χ1) is 12.5. The third-order valence-electron chi connectivity index (χ3n) is 3.78. The van der Waals surface area contributed by atoms with Crippen LogP contribution in [0.3, 0.4) is 0 Å². The minimum absolute atomic E-state index is 0.0569. The van der Waals surface area contributed by atoms with Gasteiger partial charge in [0, 0.05) is 16.6 Å². The van der Waals surface area contributed by atoms with Crippen molar-refractivity contribution in [3.63, 3.8) is 0 Å². The standard InChI is InChI=1S/C19H13F2NO3S/c20-19(21)24-16-8-6-14(10-17(16)25-19)22-18(23)11-26-15-7-5-12-3-1-2-4-13(12)9-15/h1-10H,11H2,(H,22,23). The summed E-state index contributed by atoms with van der Waals surface area (Å²) in [5.74, 6) is -0.203. The van der Waals surface area contributed by atoms with Crippen molar-refractivity contribution in [3.05, 3.63) is 60.7 Å². The minimum Gasteiger partial charge on any atom is -0.395 e. The van der Waals surface area contributed by atoms with E-state index in [9.17, 15) is 13.6 Å². The first-order valence-corrected chi connectivity index (χ1v) is 8.78. The van der Waals surface area contributed by atoms with Gasteiger partial charge in [-0.1, -0.05) is 30.3 Å². The van der Waals surface area contributed by atoms with Gasteiger partial charge in [0.2, 0.25) is 5.91 Å². The van der Waals surface area contributed by atoms with Crippen molar-refractivity contribution in [2.45, 2.75) is 11.2 Å². The Hall–Kier alpha value is -2.80. The van der Waals surface area contributed by atoms with Crippen LogP contribution in [0.2, 0.25) is 0 Å². The first-order valence-electron chi connectivity index (χ1n) is 7.80. The Labute approximate surface area is 152 Å². The average Bonchev–Trinajstić information content (AvgIpc) is 2.93. The lowest BCUT2D eigenvalue weighted by Crippen LogP contribution is -2.25. The largest absolute Gasteiger partial charge is 0.586 e. The summed E-state index contributed by atoms with van der Waals surface area (Å²) in [6, 6.07) is 18.1. The molecule has 1 aliphatic rings. The summed E-state index contributed by atoms with van der Waals surface area (Å²) in [4.78, 5) is 13.1. The number of fused-ring (bicyclic) bond motifs is 2. The molecule has 0 aliphatic carbocycles. The second-order valence-corrected chi connectivity index (χ2v) is 6.72. The number of anilines is 1. The van der Waals surface area contributed by atoms with Crippen molar-refractivity contribution in [3.8, 4) is 11.5 Å². The van der Waals surface area contributed by atoms with Crippen LogP contribution in [0.25, 0.3) is 10.8 Å². The molecule has 3 aromatic rings. The second-order valence-electron chi connectivity index (χ2n) is 5.67. The van der Waals surface area contributed by atoms with Gasteiger partial charge in [-0.15, -0.1) is 20.5 Å². The van der Waals surface area contributed by atoms with Gasteiger partial charge in [-0.2, -0.15) is 0 Å². The number of thioether (sulfide) groups is 1. The number of alkyl halides is 2. The van der Waals surface area contributed by atoms with Gasteiger partial charge >= 0.3 is 6.29 Å². The van der Waals surface area contributed by atoms with E-state index >= 15 is 0 Å². The van der Waals surface area contributed by atoms with E-state index in [4.69, 9.17) is 0 Å². The van der Waals surface area contributed by atoms with E-state index in [1.807, 2.05) is 42.5 Å². The highest BCUT2D eigenvalue weighted by Gasteiger charge is 2.43. The van der Waals surface area contributed by atoms with E-state index in [1.165, 1.54) is 30.0 Å². The molecule has 0 radical (unpaired) electrons. The fraction of sp³-hybridized carbons (Fsp3) is 0.105. The van der Waals surface area contributed by atoms with Gasteiger partial charge in [-0.05, 0) is 35.0 Å². The molecule has 0 unspecified atom stereocenters. The smallest absolute Gasteiger partial charge is 0.395 e. The fourth-order valence-corrected chi connectivity index (χ4v) is 3.37. The molecule has 3 aromatic carbocycles. The number of benzene rings is 3. The quantitative estimate of drug-likeness (QED) is 0.662. The van der Waals surface area contributed by atoms with Crippen LogP contribution in [0.4, 0.5) is 14.5 Å². The topological polar surface area (TPSA) is 47.6 Å². The fourth-order valence-electron chi connectivity index (χ4n) is 2.63. The summed E-state index contributed by atoms with van der Waals surface area (Å²) in [6.45, 7) is 0. The van der Waals surface area contributed by atoms with Gasteiger partial charge in [0.15, 0.2) is 11.5 Å². The molecule has 7 heteroatoms. The van der Waals surface area contributed by atoms with Gasteiger partial charge in [0.25, 0.3) is 0 Å². The Morgan fingerprint density at radius 3 is 2.58 bits per heavy atom. The third-order valence-corrected chi connectivity index (χ3v) is 4.77. The minimum atomic E-state index is -3.67. The number of halogens is 2. The molecule has 0 aromatic heterocycles. The van der Waals surface area contributed by atoms with E-state index in [2.05, 4.69) is 14.8 Å². The summed E-state index contributed by atoms with van der Waals surface area (Å²) in [6.07, 6.45) is -3.67. The molecule has 1 amide bonds. The zero-order valence-electron chi connectivity index (χ0n) is 13.4. The molecule has 132 valence electrons. The van der Waals surface area contributed by atoms with Gasteiger partial charge in [0.1, 0.15) is 0 Å². The van der Waals surface area contributed by atoms with Crippen LogP contribution in [0, 0.1) is 0 Å². The Morgan fingerprint density at radius 1 is 0.962 bits per heavy atom. The summed E-state index contributed by atoms with van der Waals surface area (Å²) in [5.41, 5.74) is 0.370. The highest BCUT2D eigenvalue weighted by molar-refractivity contribution is 8.00. The molecular formula is C19H13F2NO3S. The van der Waals surface area contributed by atoms with E-state index in [1.54, 1.807) is 0 Å². The van der Waals surface area contributed by atoms with Crippen molar-refractivity contribution in [1.82, 2.24) is 0 Å². The Kier molecular flexibility index (Phi) is 4.16. The number of carbonyl (C=O) groups excluding carboxylic acids is 1. The van der Waals surface area contributed by atoms with Gasteiger partial charge in [-0.3, -0.25) is 4.79 Å². The summed E-state index contributed by atoms with van der Waals surface area (Å²) < 4.78 is 34.7. The molecular weight excluding hydrogens is 360 g/mol. The highest BCUT2D eigenvalue weighted by atomic mass is 32.2. The normalized spacial score (nSPS) is 14.4. The van der Waals surface area contributed by atoms with Crippen LogP contribution in [-0.2, 0) is 4.79 Å². The van der Waals surface area contributed by atoms with E-state index < -0.39 is 6.29 Å². The van der Waals surface area contributed by atoms with Crippen LogP contribution in [0.5, 0.6) is 11.5 Å². The molecule has 26 heavy (non-hydrogen) atoms. The van der Waals surface area contributed by atoms with Crippen molar-refractivity contribution in [1.29, 1.82) is 0 Å². The van der Waals surface area contributed by atoms with Crippen molar-refractivity contribution in [2.75, 3.05) is 11.1 Å². The van der Waals surface area contributed by atoms with Crippen LogP contribution < -0.4 is 14.8 Å². The van der Waals surface area contributed by atoms with Crippen molar-refractivity contribution in [2.24, 2.45) is 0 Å². The molecule has 4 nitrogen and oxygen atoms in total. The molecule has 0 spiro atoms. The van der Waals surface area contributed by atoms with Crippen LogP contribution in [0.15, 0.2) is 65.6 Å². The molecule has 1 N–H and O–H groups in total. The lowest BCUT2D eigenvalue weighted by Gasteiger charge is -2.07. The third kappa shape index (κ3) is 3.57.